The summed E-state index contributed by atoms with van der Waals surface area (Å²) in [6.45, 7) is 0. The Hall–Kier alpha value is -1.93. The summed E-state index contributed by atoms with van der Waals surface area (Å²) in [5, 5.41) is 0.157. The molecule has 1 aromatic carbocycles. The quantitative estimate of drug-likeness (QED) is 0.819. The maximum Gasteiger partial charge on any atom is 0.326 e. The fraction of sp³-hybridized carbons (Fsp3) is 0.500. The van der Waals surface area contributed by atoms with E-state index in [4.69, 9.17) is 0 Å². The number of aromatic amines is 2. The number of aromatic nitrogens is 2. The summed E-state index contributed by atoms with van der Waals surface area (Å²) >= 11 is 0. The van der Waals surface area contributed by atoms with Crippen molar-refractivity contribution in [3.63, 3.8) is 0 Å². The van der Waals surface area contributed by atoms with Gasteiger partial charge in [0.05, 0.1) is 15.8 Å². The fourth-order valence-corrected chi connectivity index (χ4v) is 4.73. The largest absolute Gasteiger partial charge is 0.326 e. The molecule has 1 aliphatic rings. The molecule has 0 bridgehead atoms. The predicted molar refractivity (Wildman–Crippen MR) is 91.6 cm³/mol. The molecule has 0 amide bonds. The van der Waals surface area contributed by atoms with Gasteiger partial charge in [-0.2, -0.15) is 4.31 Å². The van der Waals surface area contributed by atoms with Crippen LogP contribution in [0.1, 0.15) is 38.5 Å². The Morgan fingerprint density at radius 2 is 1.71 bits per heavy atom. The summed E-state index contributed by atoms with van der Waals surface area (Å²) in [5.74, 6) is 0. The first kappa shape index (κ1) is 16.9. The second-order valence-corrected chi connectivity index (χ2v) is 8.28. The van der Waals surface area contributed by atoms with E-state index in [2.05, 4.69) is 9.97 Å². The highest BCUT2D eigenvalue weighted by molar-refractivity contribution is 7.89. The minimum absolute atomic E-state index is 0.0120. The van der Waals surface area contributed by atoms with Crippen molar-refractivity contribution in [3.8, 4) is 0 Å². The van der Waals surface area contributed by atoms with Crippen LogP contribution in [0.25, 0.3) is 10.9 Å². The molecule has 0 atom stereocenters. The number of fused-ring (bicyclic) bond motifs is 1. The van der Waals surface area contributed by atoms with Gasteiger partial charge in [-0.25, -0.2) is 13.2 Å². The normalized spacial score (nSPS) is 17.2. The van der Waals surface area contributed by atoms with Crippen LogP contribution in [0.4, 0.5) is 0 Å². The van der Waals surface area contributed by atoms with Crippen molar-refractivity contribution in [1.82, 2.24) is 14.3 Å². The van der Waals surface area contributed by atoms with Gasteiger partial charge in [0.15, 0.2) is 0 Å². The first-order chi connectivity index (χ1) is 11.4. The Morgan fingerprint density at radius 3 is 2.38 bits per heavy atom. The summed E-state index contributed by atoms with van der Waals surface area (Å²) < 4.78 is 27.2. The van der Waals surface area contributed by atoms with Gasteiger partial charge in [0, 0.05) is 13.1 Å². The topological polar surface area (TPSA) is 103 Å². The Labute approximate surface area is 139 Å². The van der Waals surface area contributed by atoms with Crippen LogP contribution < -0.4 is 11.2 Å². The molecular formula is C16H21N3O4S. The van der Waals surface area contributed by atoms with E-state index < -0.39 is 21.3 Å². The molecule has 24 heavy (non-hydrogen) atoms. The molecule has 1 fully saturated rings. The first-order valence-electron chi connectivity index (χ1n) is 8.14. The maximum absolute atomic E-state index is 12.9. The van der Waals surface area contributed by atoms with Crippen LogP contribution in [0.5, 0.6) is 0 Å². The number of nitrogens with one attached hydrogen (secondary N) is 2. The Bertz CT molecular complexity index is 953. The van der Waals surface area contributed by atoms with Gasteiger partial charge in [0.2, 0.25) is 10.0 Å². The van der Waals surface area contributed by atoms with Crippen molar-refractivity contribution in [2.45, 2.75) is 49.5 Å². The molecule has 0 saturated heterocycles. The number of nitrogens with zero attached hydrogens (tertiary/aromatic N) is 1. The van der Waals surface area contributed by atoms with E-state index in [1.165, 1.54) is 22.5 Å². The lowest BCUT2D eigenvalue weighted by atomic mass is 10.1. The van der Waals surface area contributed by atoms with Gasteiger partial charge in [-0.1, -0.05) is 25.7 Å². The molecule has 2 aromatic rings. The SMILES string of the molecule is CN(C1CCCCCC1)S(=O)(=O)c1ccc2[nH]c(=O)[nH]c(=O)c2c1. The summed E-state index contributed by atoms with van der Waals surface area (Å²) in [5.41, 5.74) is -0.888. The van der Waals surface area contributed by atoms with E-state index in [0.717, 1.165) is 38.5 Å². The molecule has 2 N–H and O–H groups in total. The van der Waals surface area contributed by atoms with Crippen molar-refractivity contribution in [2.75, 3.05) is 7.05 Å². The monoisotopic (exact) mass is 351 g/mol. The highest BCUT2D eigenvalue weighted by atomic mass is 32.2. The molecule has 1 heterocycles. The number of H-pyrrole nitrogens is 2. The smallest absolute Gasteiger partial charge is 0.307 e. The molecule has 0 radical (unpaired) electrons. The highest BCUT2D eigenvalue weighted by Gasteiger charge is 2.28. The molecule has 1 aromatic heterocycles. The van der Waals surface area contributed by atoms with E-state index in [-0.39, 0.29) is 16.3 Å². The van der Waals surface area contributed by atoms with Crippen LogP contribution in [0, 0.1) is 0 Å². The fourth-order valence-electron chi connectivity index (χ4n) is 3.29. The van der Waals surface area contributed by atoms with E-state index in [1.54, 1.807) is 7.05 Å². The number of hydrogen-bond donors (Lipinski definition) is 2. The highest BCUT2D eigenvalue weighted by Crippen LogP contribution is 2.26. The van der Waals surface area contributed by atoms with Crippen molar-refractivity contribution in [2.24, 2.45) is 0 Å². The molecule has 8 heteroatoms. The van der Waals surface area contributed by atoms with Crippen molar-refractivity contribution >= 4 is 20.9 Å². The average molecular weight is 351 g/mol. The third-order valence-electron chi connectivity index (χ3n) is 4.73. The third-order valence-corrected chi connectivity index (χ3v) is 6.63. The van der Waals surface area contributed by atoms with Crippen LogP contribution >= 0.6 is 0 Å². The van der Waals surface area contributed by atoms with Gasteiger partial charge in [-0.15, -0.1) is 0 Å². The maximum atomic E-state index is 12.9. The molecule has 3 rings (SSSR count). The van der Waals surface area contributed by atoms with Gasteiger partial charge in [0.1, 0.15) is 0 Å². The molecule has 130 valence electrons. The lowest BCUT2D eigenvalue weighted by Crippen LogP contribution is -2.36. The van der Waals surface area contributed by atoms with Crippen molar-refractivity contribution in [1.29, 1.82) is 0 Å². The Kier molecular flexibility index (Phi) is 4.60. The molecule has 0 spiro atoms. The van der Waals surface area contributed by atoms with E-state index in [1.807, 2.05) is 0 Å². The zero-order valence-corrected chi connectivity index (χ0v) is 14.4. The van der Waals surface area contributed by atoms with E-state index >= 15 is 0 Å². The zero-order chi connectivity index (χ0) is 17.3. The standard InChI is InChI=1S/C16H21N3O4S/c1-19(11-6-4-2-3-5-7-11)24(22,23)12-8-9-14-13(10-12)15(20)18-16(21)17-14/h8-11H,2-7H2,1H3,(H2,17,18,20,21). The molecule has 0 unspecified atom stereocenters. The second-order valence-electron chi connectivity index (χ2n) is 6.28. The van der Waals surface area contributed by atoms with Gasteiger partial charge in [-0.05, 0) is 31.0 Å². The van der Waals surface area contributed by atoms with Crippen LogP contribution in [0.2, 0.25) is 0 Å². The Morgan fingerprint density at radius 1 is 1.04 bits per heavy atom. The summed E-state index contributed by atoms with van der Waals surface area (Å²) in [7, 11) is -2.08. The van der Waals surface area contributed by atoms with Crippen LogP contribution in [0.15, 0.2) is 32.7 Å². The number of rotatable bonds is 3. The van der Waals surface area contributed by atoms with Crippen molar-refractivity contribution < 1.29 is 8.42 Å². The predicted octanol–water partition coefficient (Wildman–Crippen LogP) is 1.56. The second kappa shape index (κ2) is 6.52. The summed E-state index contributed by atoms with van der Waals surface area (Å²) in [6.07, 6.45) is 6.06. The minimum atomic E-state index is -3.68. The number of hydrogen-bond acceptors (Lipinski definition) is 4. The number of benzene rings is 1. The minimum Gasteiger partial charge on any atom is -0.307 e. The average Bonchev–Trinajstić information content (AvgIpc) is 2.82. The van der Waals surface area contributed by atoms with Crippen LogP contribution in [-0.4, -0.2) is 35.8 Å². The van der Waals surface area contributed by atoms with E-state index in [0.29, 0.717) is 5.52 Å². The lowest BCUT2D eigenvalue weighted by Gasteiger charge is -2.26. The molecule has 1 saturated carbocycles. The molecule has 1 aliphatic carbocycles. The van der Waals surface area contributed by atoms with Gasteiger partial charge in [-0.3, -0.25) is 9.78 Å². The van der Waals surface area contributed by atoms with Gasteiger partial charge >= 0.3 is 5.69 Å². The van der Waals surface area contributed by atoms with Gasteiger partial charge in [0.25, 0.3) is 5.56 Å². The van der Waals surface area contributed by atoms with Crippen LogP contribution in [0.3, 0.4) is 0 Å². The van der Waals surface area contributed by atoms with Crippen LogP contribution in [-0.2, 0) is 10.0 Å². The van der Waals surface area contributed by atoms with Gasteiger partial charge < -0.3 is 4.98 Å². The van der Waals surface area contributed by atoms with E-state index in [9.17, 15) is 18.0 Å². The number of sulfonamides is 1. The zero-order valence-electron chi connectivity index (χ0n) is 13.5. The summed E-state index contributed by atoms with van der Waals surface area (Å²) in [4.78, 5) is 27.9. The molecular weight excluding hydrogens is 330 g/mol. The summed E-state index contributed by atoms with van der Waals surface area (Å²) in [6, 6.07) is 4.20. The molecule has 0 aliphatic heterocycles. The third kappa shape index (κ3) is 3.16. The Balaban J connectivity index is 2.01. The van der Waals surface area contributed by atoms with Crippen molar-refractivity contribution in [3.05, 3.63) is 39.0 Å². The first-order valence-corrected chi connectivity index (χ1v) is 9.58. The lowest BCUT2D eigenvalue weighted by molar-refractivity contribution is 0.336. The molecule has 7 nitrogen and oxygen atoms in total.